The van der Waals surface area contributed by atoms with E-state index in [0.717, 1.165) is 31.5 Å². The van der Waals surface area contributed by atoms with E-state index in [1.807, 2.05) is 37.3 Å². The number of carbonyl (C=O) groups excluding carboxylic acids is 2. The van der Waals surface area contributed by atoms with E-state index in [-0.39, 0.29) is 41.7 Å². The zero-order valence-electron chi connectivity index (χ0n) is 20.7. The Morgan fingerprint density at radius 2 is 1.86 bits per heavy atom. The number of likely N-dealkylation sites (tertiary alicyclic amines) is 1. The van der Waals surface area contributed by atoms with Crippen LogP contribution >= 0.6 is 0 Å². The Morgan fingerprint density at radius 3 is 2.67 bits per heavy atom. The van der Waals surface area contributed by atoms with Crippen molar-refractivity contribution in [1.82, 2.24) is 15.5 Å². The van der Waals surface area contributed by atoms with Gasteiger partial charge in [-0.25, -0.2) is 8.42 Å². The van der Waals surface area contributed by atoms with Gasteiger partial charge in [-0.15, -0.1) is 0 Å². The fourth-order valence-corrected chi connectivity index (χ4v) is 6.35. The van der Waals surface area contributed by atoms with Crippen molar-refractivity contribution >= 4 is 21.7 Å². The van der Waals surface area contributed by atoms with Crippen molar-refractivity contribution in [3.05, 3.63) is 48.5 Å². The van der Waals surface area contributed by atoms with E-state index < -0.39 is 15.9 Å². The van der Waals surface area contributed by atoms with Gasteiger partial charge in [0.15, 0.2) is 9.84 Å². The molecular formula is C27H35N3O5S. The van der Waals surface area contributed by atoms with E-state index in [9.17, 15) is 18.0 Å². The second-order valence-corrected chi connectivity index (χ2v) is 11.7. The van der Waals surface area contributed by atoms with Gasteiger partial charge in [-0.1, -0.05) is 30.3 Å². The molecule has 1 fully saturated rings. The van der Waals surface area contributed by atoms with Gasteiger partial charge >= 0.3 is 0 Å². The summed E-state index contributed by atoms with van der Waals surface area (Å²) in [5.41, 5.74) is 1.40. The molecule has 2 aromatic carbocycles. The van der Waals surface area contributed by atoms with Gasteiger partial charge in [-0.3, -0.25) is 14.5 Å². The summed E-state index contributed by atoms with van der Waals surface area (Å²) in [4.78, 5) is 28.1. The maximum atomic E-state index is 13.3. The zero-order chi connectivity index (χ0) is 25.5. The monoisotopic (exact) mass is 513 g/mol. The molecule has 0 aliphatic carbocycles. The zero-order valence-corrected chi connectivity index (χ0v) is 21.6. The van der Waals surface area contributed by atoms with Crippen LogP contribution in [0.5, 0.6) is 5.75 Å². The Kier molecular flexibility index (Phi) is 8.64. The molecule has 1 saturated heterocycles. The first kappa shape index (κ1) is 26.2. The highest BCUT2D eigenvalue weighted by Gasteiger charge is 2.25. The summed E-state index contributed by atoms with van der Waals surface area (Å²) in [7, 11) is -3.55. The van der Waals surface area contributed by atoms with Gasteiger partial charge in [0.1, 0.15) is 18.4 Å². The smallest absolute Gasteiger partial charge is 0.242 e. The molecule has 4 rings (SSSR count). The molecule has 9 heteroatoms. The summed E-state index contributed by atoms with van der Waals surface area (Å²) in [6, 6.07) is 13.3. The first-order valence-corrected chi connectivity index (χ1v) is 14.3. The minimum absolute atomic E-state index is 0.0350. The summed E-state index contributed by atoms with van der Waals surface area (Å²) in [6.45, 7) is 4.14. The third kappa shape index (κ3) is 6.85. The fraction of sp³-hybridized carbons (Fsp3) is 0.481. The second-order valence-electron chi connectivity index (χ2n) is 9.66. The number of hydrogen-bond acceptors (Lipinski definition) is 6. The van der Waals surface area contributed by atoms with Crippen LogP contribution in [0.3, 0.4) is 0 Å². The molecule has 0 saturated carbocycles. The van der Waals surface area contributed by atoms with Crippen LogP contribution in [0.15, 0.2) is 53.4 Å². The van der Waals surface area contributed by atoms with Crippen LogP contribution < -0.4 is 15.4 Å². The standard InChI is InChI=1S/C27H35N3O5S/c1-20-19-35-22-10-8-9-21(17-22)23-11-2-3-13-25(23)36(33,34)16-7-4-12-24(27(32)28-20)29-26(31)18-30-14-5-6-15-30/h2-3,8-11,13,17,20,24H,4-7,12,14-16,18-19H2,1H3,(H,28,32)(H,29,31)/t20-,24+/m1/s1. The van der Waals surface area contributed by atoms with Gasteiger partial charge < -0.3 is 15.4 Å². The Labute approximate surface area is 213 Å². The highest BCUT2D eigenvalue weighted by Crippen LogP contribution is 2.31. The van der Waals surface area contributed by atoms with Crippen LogP contribution in [0.2, 0.25) is 0 Å². The predicted octanol–water partition coefficient (Wildman–Crippen LogP) is 2.78. The van der Waals surface area contributed by atoms with Crippen LogP contribution in [0.1, 0.15) is 39.0 Å². The van der Waals surface area contributed by atoms with Crippen LogP contribution in [-0.2, 0) is 19.4 Å². The highest BCUT2D eigenvalue weighted by atomic mass is 32.2. The number of fused-ring (bicyclic) bond motifs is 4. The van der Waals surface area contributed by atoms with Crippen LogP contribution in [0.4, 0.5) is 0 Å². The fourth-order valence-electron chi connectivity index (χ4n) is 4.74. The molecule has 2 bridgehead atoms. The molecule has 2 atom stereocenters. The topological polar surface area (TPSA) is 105 Å². The number of sulfone groups is 1. The van der Waals surface area contributed by atoms with Crippen LogP contribution in [0, 0.1) is 0 Å². The minimum Gasteiger partial charge on any atom is -0.491 e. The number of benzene rings is 2. The van der Waals surface area contributed by atoms with E-state index in [0.29, 0.717) is 30.6 Å². The normalized spacial score (nSPS) is 23.2. The van der Waals surface area contributed by atoms with Gasteiger partial charge in [-0.05, 0) is 75.9 Å². The van der Waals surface area contributed by atoms with Crippen molar-refractivity contribution in [3.8, 4) is 16.9 Å². The lowest BCUT2D eigenvalue weighted by Crippen LogP contribution is -2.51. The third-order valence-corrected chi connectivity index (χ3v) is 8.48. The number of amides is 2. The molecular weight excluding hydrogens is 478 g/mol. The third-order valence-electron chi connectivity index (χ3n) is 6.63. The Morgan fingerprint density at radius 1 is 1.08 bits per heavy atom. The Balaban J connectivity index is 1.54. The van der Waals surface area contributed by atoms with Gasteiger partial charge in [-0.2, -0.15) is 0 Å². The number of carbonyl (C=O) groups is 2. The summed E-state index contributed by atoms with van der Waals surface area (Å²) in [6.07, 6.45) is 3.40. The number of nitrogens with zero attached hydrogens (tertiary/aromatic N) is 1. The Bertz CT molecular complexity index is 1180. The quantitative estimate of drug-likeness (QED) is 0.654. The maximum absolute atomic E-state index is 13.3. The SMILES string of the molecule is C[C@@H]1COc2cccc(c2)-c2ccccc2S(=O)(=O)CCCC[C@H](NC(=O)CN2CCCC2)C(=O)N1. The lowest BCUT2D eigenvalue weighted by molar-refractivity contribution is -0.130. The predicted molar refractivity (Wildman–Crippen MR) is 138 cm³/mol. The highest BCUT2D eigenvalue weighted by molar-refractivity contribution is 7.91. The molecule has 36 heavy (non-hydrogen) atoms. The van der Waals surface area contributed by atoms with Crippen molar-refractivity contribution in [3.63, 3.8) is 0 Å². The van der Waals surface area contributed by atoms with Crippen LogP contribution in [0.25, 0.3) is 11.1 Å². The van der Waals surface area contributed by atoms with Crippen molar-refractivity contribution < 1.29 is 22.7 Å². The summed E-state index contributed by atoms with van der Waals surface area (Å²) in [5, 5.41) is 5.82. The van der Waals surface area contributed by atoms with E-state index in [1.165, 1.54) is 0 Å². The molecule has 0 aromatic heterocycles. The van der Waals surface area contributed by atoms with Gasteiger partial charge in [0.05, 0.1) is 23.2 Å². The number of ether oxygens (including phenoxy) is 1. The first-order chi connectivity index (χ1) is 17.3. The average molecular weight is 514 g/mol. The minimum atomic E-state index is -3.55. The summed E-state index contributed by atoms with van der Waals surface area (Å²) < 4.78 is 32.4. The molecule has 2 aromatic rings. The molecule has 2 aliphatic rings. The largest absolute Gasteiger partial charge is 0.491 e. The number of nitrogens with one attached hydrogen (secondary N) is 2. The van der Waals surface area contributed by atoms with Gasteiger partial charge in [0, 0.05) is 5.56 Å². The molecule has 0 radical (unpaired) electrons. The molecule has 2 aliphatic heterocycles. The van der Waals surface area contributed by atoms with E-state index in [1.54, 1.807) is 18.2 Å². The van der Waals surface area contributed by atoms with Crippen molar-refractivity contribution in [2.24, 2.45) is 0 Å². The molecule has 2 amide bonds. The number of hydrogen-bond donors (Lipinski definition) is 2. The van der Waals surface area contributed by atoms with Crippen molar-refractivity contribution in [2.75, 3.05) is 32.0 Å². The lowest BCUT2D eigenvalue weighted by atomic mass is 10.1. The van der Waals surface area contributed by atoms with Gasteiger partial charge in [0.25, 0.3) is 0 Å². The van der Waals surface area contributed by atoms with E-state index in [2.05, 4.69) is 15.5 Å². The van der Waals surface area contributed by atoms with Crippen LogP contribution in [-0.4, -0.2) is 69.2 Å². The Hall–Kier alpha value is -2.91. The second kappa shape index (κ2) is 11.9. The van der Waals surface area contributed by atoms with Crippen molar-refractivity contribution in [2.45, 2.75) is 56.0 Å². The van der Waals surface area contributed by atoms with E-state index >= 15 is 0 Å². The summed E-state index contributed by atoms with van der Waals surface area (Å²) >= 11 is 0. The molecule has 2 N–H and O–H groups in total. The van der Waals surface area contributed by atoms with Gasteiger partial charge in [0.2, 0.25) is 11.8 Å². The number of rotatable bonds is 3. The van der Waals surface area contributed by atoms with Crippen molar-refractivity contribution in [1.29, 1.82) is 0 Å². The lowest BCUT2D eigenvalue weighted by Gasteiger charge is -2.23. The molecule has 2 heterocycles. The summed E-state index contributed by atoms with van der Waals surface area (Å²) in [5.74, 6) is 0.0825. The molecule has 0 spiro atoms. The molecule has 8 nitrogen and oxygen atoms in total. The average Bonchev–Trinajstić information content (AvgIpc) is 3.37. The van der Waals surface area contributed by atoms with E-state index in [4.69, 9.17) is 4.74 Å². The first-order valence-electron chi connectivity index (χ1n) is 12.7. The maximum Gasteiger partial charge on any atom is 0.242 e. The molecule has 194 valence electrons. The molecule has 0 unspecified atom stereocenters.